The lowest BCUT2D eigenvalue weighted by Crippen LogP contribution is -2.11. The molecule has 0 atom stereocenters. The molecule has 0 aliphatic rings. The van der Waals surface area contributed by atoms with Crippen LogP contribution in [0.1, 0.15) is 0 Å². The number of halogens is 1. The van der Waals surface area contributed by atoms with Crippen molar-refractivity contribution in [2.75, 3.05) is 26.2 Å². The van der Waals surface area contributed by atoms with Crippen LogP contribution in [0.25, 0.3) is 0 Å². The molecule has 7 heteroatoms. The van der Waals surface area contributed by atoms with Gasteiger partial charge >= 0.3 is 0 Å². The van der Waals surface area contributed by atoms with Gasteiger partial charge in [-0.2, -0.15) is 0 Å². The molecule has 1 rings (SSSR count). The first-order valence-electron chi connectivity index (χ1n) is 5.46. The Morgan fingerprint density at radius 3 is 2.47 bits per heavy atom. The van der Waals surface area contributed by atoms with Gasteiger partial charge in [0.1, 0.15) is 12.4 Å². The van der Waals surface area contributed by atoms with Crippen LogP contribution in [0, 0.1) is 0 Å². The predicted molar refractivity (Wildman–Crippen MR) is 69.2 cm³/mol. The van der Waals surface area contributed by atoms with Crippen LogP contribution in [0.4, 0.5) is 4.39 Å². The van der Waals surface area contributed by atoms with Crippen LogP contribution in [-0.2, 0) is 14.6 Å². The van der Waals surface area contributed by atoms with E-state index in [-0.39, 0.29) is 24.0 Å². The molecule has 19 heavy (non-hydrogen) atoms. The van der Waals surface area contributed by atoms with E-state index in [0.29, 0.717) is 17.7 Å². The van der Waals surface area contributed by atoms with Crippen molar-refractivity contribution in [1.29, 1.82) is 0 Å². The summed E-state index contributed by atoms with van der Waals surface area (Å²) in [7, 11) is -2.12. The zero-order valence-corrected chi connectivity index (χ0v) is 11.3. The highest BCUT2D eigenvalue weighted by Gasteiger charge is 2.13. The Balaban J connectivity index is 2.72. The Bertz CT molecular complexity index is 525. The maximum absolute atomic E-state index is 12.3. The van der Waals surface area contributed by atoms with Gasteiger partial charge in [0.25, 0.3) is 0 Å². The van der Waals surface area contributed by atoms with Gasteiger partial charge in [-0.25, -0.2) is 12.8 Å². The largest absolute Gasteiger partial charge is 0.489 e. The normalized spacial score (nSPS) is 12.5. The minimum absolute atomic E-state index is 0.0250. The number of ether oxygens (including phenoxy) is 2. The van der Waals surface area contributed by atoms with Gasteiger partial charge in [-0.05, 0) is 24.3 Å². The van der Waals surface area contributed by atoms with E-state index < -0.39 is 9.84 Å². The molecule has 0 aromatic heterocycles. The molecule has 2 N–H and O–H groups in total. The van der Waals surface area contributed by atoms with E-state index in [9.17, 15) is 12.8 Å². The van der Waals surface area contributed by atoms with Crippen LogP contribution in [0.3, 0.4) is 0 Å². The molecule has 0 unspecified atom stereocenters. The second kappa shape index (κ2) is 7.22. The average molecular weight is 289 g/mol. The maximum atomic E-state index is 12.3. The number of nitrogens with two attached hydrogens (primary N) is 1. The van der Waals surface area contributed by atoms with Crippen molar-refractivity contribution in [1.82, 2.24) is 0 Å². The molecule has 0 amide bonds. The third kappa shape index (κ3) is 4.62. The Morgan fingerprint density at radius 2 is 2.00 bits per heavy atom. The van der Waals surface area contributed by atoms with Gasteiger partial charge < -0.3 is 15.2 Å². The third-order valence-electron chi connectivity index (χ3n) is 2.30. The van der Waals surface area contributed by atoms with Crippen LogP contribution < -0.4 is 10.5 Å². The standard InChI is InChI=1S/C12H16FNO4S/c1-17-9-19(15,16)12-4-2-11(3-5-12)18-8-10(6-13)7-14/h2-6H,7-9,14H2,1H3/b10-6+. The number of benzene rings is 1. The summed E-state index contributed by atoms with van der Waals surface area (Å²) in [6.07, 6.45) is 0.400. The zero-order chi connectivity index (χ0) is 14.3. The molecule has 0 saturated carbocycles. The maximum Gasteiger partial charge on any atom is 0.202 e. The van der Waals surface area contributed by atoms with Crippen molar-refractivity contribution in [3.05, 3.63) is 36.2 Å². The Labute approximate surface area is 111 Å². The molecule has 0 fully saturated rings. The monoisotopic (exact) mass is 289 g/mol. The van der Waals surface area contributed by atoms with Crippen molar-refractivity contribution in [3.8, 4) is 5.75 Å². The summed E-state index contributed by atoms with van der Waals surface area (Å²) in [5, 5.41) is 0. The fourth-order valence-electron chi connectivity index (χ4n) is 1.28. The molecular weight excluding hydrogens is 273 g/mol. The fourth-order valence-corrected chi connectivity index (χ4v) is 2.27. The van der Waals surface area contributed by atoms with Crippen LogP contribution in [0.2, 0.25) is 0 Å². The molecule has 1 aromatic carbocycles. The summed E-state index contributed by atoms with van der Waals surface area (Å²) in [6.45, 7) is 0.0912. The van der Waals surface area contributed by atoms with E-state index in [4.69, 9.17) is 10.5 Å². The van der Waals surface area contributed by atoms with Gasteiger partial charge in [0.2, 0.25) is 9.84 Å². The zero-order valence-electron chi connectivity index (χ0n) is 10.5. The van der Waals surface area contributed by atoms with E-state index >= 15 is 0 Å². The van der Waals surface area contributed by atoms with E-state index in [1.165, 1.54) is 31.4 Å². The predicted octanol–water partition coefficient (Wildman–Crippen LogP) is 1.26. The topological polar surface area (TPSA) is 78.6 Å². The number of hydrogen-bond acceptors (Lipinski definition) is 5. The highest BCUT2D eigenvalue weighted by atomic mass is 32.2. The highest BCUT2D eigenvalue weighted by molar-refractivity contribution is 7.91. The lowest BCUT2D eigenvalue weighted by molar-refractivity contribution is 0.249. The van der Waals surface area contributed by atoms with Gasteiger partial charge in [-0.15, -0.1) is 0 Å². The molecule has 0 bridgehead atoms. The molecule has 0 aliphatic heterocycles. The van der Waals surface area contributed by atoms with Crippen LogP contribution >= 0.6 is 0 Å². The summed E-state index contributed by atoms with van der Waals surface area (Å²) in [5.41, 5.74) is 5.60. The summed E-state index contributed by atoms with van der Waals surface area (Å²) in [4.78, 5) is 0.141. The van der Waals surface area contributed by atoms with E-state index in [0.717, 1.165) is 0 Å². The smallest absolute Gasteiger partial charge is 0.202 e. The first-order valence-corrected chi connectivity index (χ1v) is 7.11. The molecular formula is C12H16FNO4S. The lowest BCUT2D eigenvalue weighted by atomic mass is 10.3. The quantitative estimate of drug-likeness (QED) is 0.817. The first-order chi connectivity index (χ1) is 9.03. The van der Waals surface area contributed by atoms with Crippen molar-refractivity contribution in [2.45, 2.75) is 4.90 Å². The van der Waals surface area contributed by atoms with E-state index in [1.54, 1.807) is 0 Å². The highest BCUT2D eigenvalue weighted by Crippen LogP contribution is 2.17. The Hall–Kier alpha value is -1.44. The minimum atomic E-state index is -3.44. The van der Waals surface area contributed by atoms with Crippen molar-refractivity contribution in [2.24, 2.45) is 5.73 Å². The molecule has 5 nitrogen and oxygen atoms in total. The Kier molecular flexibility index (Phi) is 5.94. The summed E-state index contributed by atoms with van der Waals surface area (Å²) < 4.78 is 45.5. The average Bonchev–Trinajstić information content (AvgIpc) is 2.40. The lowest BCUT2D eigenvalue weighted by Gasteiger charge is -2.08. The van der Waals surface area contributed by atoms with Gasteiger partial charge in [0, 0.05) is 19.2 Å². The van der Waals surface area contributed by atoms with E-state index in [1.807, 2.05) is 0 Å². The van der Waals surface area contributed by atoms with Crippen LogP contribution in [0.15, 0.2) is 41.1 Å². The van der Waals surface area contributed by atoms with Gasteiger partial charge in [-0.1, -0.05) is 0 Å². The third-order valence-corrected chi connectivity index (χ3v) is 3.83. The number of methoxy groups -OCH3 is 1. The SMILES string of the molecule is COCS(=O)(=O)c1ccc(OC/C(=C/F)CN)cc1. The fraction of sp³-hybridized carbons (Fsp3) is 0.333. The van der Waals surface area contributed by atoms with Gasteiger partial charge in [-0.3, -0.25) is 0 Å². The Morgan fingerprint density at radius 1 is 1.37 bits per heavy atom. The van der Waals surface area contributed by atoms with E-state index in [2.05, 4.69) is 4.74 Å². The molecule has 0 saturated heterocycles. The van der Waals surface area contributed by atoms with Crippen molar-refractivity contribution in [3.63, 3.8) is 0 Å². The van der Waals surface area contributed by atoms with Crippen molar-refractivity contribution < 1.29 is 22.3 Å². The molecule has 0 aliphatic carbocycles. The van der Waals surface area contributed by atoms with Gasteiger partial charge in [0.05, 0.1) is 11.2 Å². The second-order valence-electron chi connectivity index (χ2n) is 3.75. The van der Waals surface area contributed by atoms with Crippen molar-refractivity contribution >= 4 is 9.84 Å². The second-order valence-corrected chi connectivity index (χ2v) is 5.69. The minimum Gasteiger partial charge on any atom is -0.489 e. The summed E-state index contributed by atoms with van der Waals surface area (Å²) in [6, 6.07) is 5.81. The van der Waals surface area contributed by atoms with Crippen LogP contribution in [0.5, 0.6) is 5.75 Å². The summed E-state index contributed by atoms with van der Waals surface area (Å²) in [5.74, 6) is 0.0546. The number of sulfone groups is 1. The number of hydrogen-bond donors (Lipinski definition) is 1. The molecule has 1 aromatic rings. The van der Waals surface area contributed by atoms with Crippen LogP contribution in [-0.4, -0.2) is 34.6 Å². The molecule has 106 valence electrons. The number of rotatable bonds is 7. The molecule has 0 radical (unpaired) electrons. The molecule has 0 heterocycles. The van der Waals surface area contributed by atoms with Gasteiger partial charge in [0.15, 0.2) is 5.94 Å². The summed E-state index contributed by atoms with van der Waals surface area (Å²) >= 11 is 0. The first kappa shape index (κ1) is 15.6. The molecule has 0 spiro atoms.